The zero-order valence-electron chi connectivity index (χ0n) is 15.1. The van der Waals surface area contributed by atoms with Crippen molar-refractivity contribution in [3.63, 3.8) is 0 Å². The van der Waals surface area contributed by atoms with Crippen molar-refractivity contribution in [2.75, 3.05) is 0 Å². The van der Waals surface area contributed by atoms with Gasteiger partial charge in [0.25, 0.3) is 11.3 Å². The minimum Gasteiger partial charge on any atom is -0.309 e. The Morgan fingerprint density at radius 2 is 1.79 bits per heavy atom. The number of fused-ring (bicyclic) bond motifs is 2. The summed E-state index contributed by atoms with van der Waals surface area (Å²) in [5.74, 6) is 1.08. The van der Waals surface area contributed by atoms with Gasteiger partial charge in [-0.3, -0.25) is 9.78 Å². The van der Waals surface area contributed by atoms with Crippen LogP contribution in [0.5, 0.6) is 0 Å². The Morgan fingerprint density at radius 1 is 0.964 bits per heavy atom. The van der Waals surface area contributed by atoms with E-state index in [1.54, 1.807) is 21.5 Å². The van der Waals surface area contributed by atoms with Gasteiger partial charge in [-0.1, -0.05) is 36.4 Å². The van der Waals surface area contributed by atoms with Gasteiger partial charge in [-0.15, -0.1) is 5.10 Å². The van der Waals surface area contributed by atoms with E-state index < -0.39 is 0 Å². The van der Waals surface area contributed by atoms with Gasteiger partial charge in [0.15, 0.2) is 0 Å². The number of rotatable bonds is 3. The van der Waals surface area contributed by atoms with E-state index in [4.69, 9.17) is 0 Å². The minimum atomic E-state index is -0.135. The Morgan fingerprint density at radius 3 is 2.57 bits per heavy atom. The average molecular weight is 368 g/mol. The molecule has 0 radical (unpaired) electrons. The fourth-order valence-corrected chi connectivity index (χ4v) is 3.37. The SMILES string of the molecule is Cc1nc2nc3ccn(Cc4ccccn4)c(=O)c3c(-c3ccccc3)n2n1. The first kappa shape index (κ1) is 16.3. The normalized spacial score (nSPS) is 11.3. The van der Waals surface area contributed by atoms with Crippen LogP contribution in [0.15, 0.2) is 71.8 Å². The van der Waals surface area contributed by atoms with Gasteiger partial charge >= 0.3 is 0 Å². The quantitative estimate of drug-likeness (QED) is 0.489. The molecule has 4 aromatic heterocycles. The lowest BCUT2D eigenvalue weighted by molar-refractivity contribution is 0.745. The van der Waals surface area contributed by atoms with Crippen LogP contribution in [-0.4, -0.2) is 29.1 Å². The van der Waals surface area contributed by atoms with Crippen molar-refractivity contribution in [1.29, 1.82) is 0 Å². The van der Waals surface area contributed by atoms with Crippen molar-refractivity contribution in [2.24, 2.45) is 0 Å². The molecule has 7 nitrogen and oxygen atoms in total. The Hall–Kier alpha value is -3.87. The van der Waals surface area contributed by atoms with Gasteiger partial charge in [-0.05, 0) is 25.1 Å². The van der Waals surface area contributed by atoms with Crippen molar-refractivity contribution in [1.82, 2.24) is 29.1 Å². The first-order chi connectivity index (χ1) is 13.7. The lowest BCUT2D eigenvalue weighted by atomic mass is 10.1. The number of hydrogen-bond donors (Lipinski definition) is 0. The number of pyridine rings is 2. The predicted octanol–water partition coefficient (Wildman–Crippen LogP) is 2.86. The molecule has 4 heterocycles. The molecule has 0 saturated heterocycles. The molecule has 0 aliphatic carbocycles. The van der Waals surface area contributed by atoms with Crippen molar-refractivity contribution >= 4 is 16.7 Å². The number of aryl methyl sites for hydroxylation is 1. The van der Waals surface area contributed by atoms with Crippen LogP contribution < -0.4 is 5.56 Å². The van der Waals surface area contributed by atoms with E-state index >= 15 is 0 Å². The summed E-state index contributed by atoms with van der Waals surface area (Å²) >= 11 is 0. The summed E-state index contributed by atoms with van der Waals surface area (Å²) in [6.45, 7) is 2.20. The summed E-state index contributed by atoms with van der Waals surface area (Å²) in [4.78, 5) is 26.7. The van der Waals surface area contributed by atoms with Gasteiger partial charge in [-0.25, -0.2) is 4.98 Å². The van der Waals surface area contributed by atoms with Crippen LogP contribution >= 0.6 is 0 Å². The second-order valence-electron chi connectivity index (χ2n) is 6.53. The number of nitrogens with zero attached hydrogens (tertiary/aromatic N) is 6. The maximum Gasteiger partial charge on any atom is 0.262 e. The van der Waals surface area contributed by atoms with Gasteiger partial charge in [0, 0.05) is 18.0 Å². The Balaban J connectivity index is 1.84. The van der Waals surface area contributed by atoms with Crippen LogP contribution in [0.4, 0.5) is 0 Å². The predicted molar refractivity (Wildman–Crippen MR) is 106 cm³/mol. The molecular formula is C21H16N6O. The molecular weight excluding hydrogens is 352 g/mol. The second-order valence-corrected chi connectivity index (χ2v) is 6.53. The molecule has 0 fully saturated rings. The zero-order valence-corrected chi connectivity index (χ0v) is 15.1. The summed E-state index contributed by atoms with van der Waals surface area (Å²) in [7, 11) is 0. The van der Waals surface area contributed by atoms with E-state index in [0.29, 0.717) is 34.7 Å². The zero-order chi connectivity index (χ0) is 19.1. The summed E-state index contributed by atoms with van der Waals surface area (Å²) in [5.41, 5.74) is 2.86. The molecule has 0 spiro atoms. The molecule has 5 aromatic rings. The molecule has 0 atom stereocenters. The molecule has 0 amide bonds. The molecule has 136 valence electrons. The first-order valence-electron chi connectivity index (χ1n) is 8.92. The molecule has 1 aromatic carbocycles. The largest absolute Gasteiger partial charge is 0.309 e. The van der Waals surface area contributed by atoms with Gasteiger partial charge in [0.1, 0.15) is 5.82 Å². The molecule has 0 N–H and O–H groups in total. The summed E-state index contributed by atoms with van der Waals surface area (Å²) < 4.78 is 3.30. The van der Waals surface area contributed by atoms with Crippen molar-refractivity contribution in [3.8, 4) is 11.3 Å². The molecule has 7 heteroatoms. The highest BCUT2D eigenvalue weighted by molar-refractivity contribution is 5.93. The van der Waals surface area contributed by atoms with E-state index in [9.17, 15) is 4.79 Å². The molecule has 0 aliphatic heterocycles. The van der Waals surface area contributed by atoms with Crippen LogP contribution in [0, 0.1) is 6.92 Å². The van der Waals surface area contributed by atoms with Crippen LogP contribution in [0.2, 0.25) is 0 Å². The highest BCUT2D eigenvalue weighted by Crippen LogP contribution is 2.26. The third-order valence-corrected chi connectivity index (χ3v) is 4.61. The van der Waals surface area contributed by atoms with Crippen molar-refractivity contribution < 1.29 is 0 Å². The highest BCUT2D eigenvalue weighted by Gasteiger charge is 2.18. The molecule has 0 saturated carbocycles. The number of hydrogen-bond acceptors (Lipinski definition) is 5. The van der Waals surface area contributed by atoms with E-state index in [1.165, 1.54) is 0 Å². The van der Waals surface area contributed by atoms with Gasteiger partial charge in [0.2, 0.25) is 0 Å². The fourth-order valence-electron chi connectivity index (χ4n) is 3.37. The lowest BCUT2D eigenvalue weighted by Gasteiger charge is -2.11. The minimum absolute atomic E-state index is 0.135. The molecule has 0 bridgehead atoms. The third kappa shape index (κ3) is 2.64. The fraction of sp³-hybridized carbons (Fsp3) is 0.0952. The topological polar surface area (TPSA) is 78.0 Å². The Bertz CT molecular complexity index is 1360. The highest BCUT2D eigenvalue weighted by atomic mass is 16.1. The molecule has 0 aliphatic rings. The summed E-state index contributed by atoms with van der Waals surface area (Å²) in [5, 5.41) is 4.99. The van der Waals surface area contributed by atoms with E-state index in [0.717, 1.165) is 11.3 Å². The van der Waals surface area contributed by atoms with E-state index in [1.807, 2.05) is 61.5 Å². The standard InChI is InChI=1S/C21H16N6O/c1-14-23-21-24-17-10-12-26(13-16-9-5-6-11-22-16)20(28)18(17)19(27(21)25-14)15-7-3-2-4-8-15/h2-12H,13H2,1H3. The van der Waals surface area contributed by atoms with Crippen LogP contribution in [0.1, 0.15) is 11.5 Å². The summed E-state index contributed by atoms with van der Waals surface area (Å²) in [6.07, 6.45) is 3.47. The Labute approximate surface area is 160 Å². The van der Waals surface area contributed by atoms with Gasteiger partial charge in [0.05, 0.1) is 28.8 Å². The molecule has 28 heavy (non-hydrogen) atoms. The second kappa shape index (κ2) is 6.38. The third-order valence-electron chi connectivity index (χ3n) is 4.61. The summed E-state index contributed by atoms with van der Waals surface area (Å²) in [6, 6.07) is 17.2. The maximum atomic E-state index is 13.4. The monoisotopic (exact) mass is 368 g/mol. The smallest absolute Gasteiger partial charge is 0.262 e. The number of aromatic nitrogens is 6. The van der Waals surface area contributed by atoms with Crippen LogP contribution in [0.3, 0.4) is 0 Å². The van der Waals surface area contributed by atoms with E-state index in [-0.39, 0.29) is 5.56 Å². The number of benzene rings is 1. The Kier molecular flexibility index (Phi) is 3.72. The van der Waals surface area contributed by atoms with Crippen LogP contribution in [0.25, 0.3) is 27.9 Å². The first-order valence-corrected chi connectivity index (χ1v) is 8.92. The average Bonchev–Trinajstić information content (AvgIpc) is 3.10. The molecule has 0 unspecified atom stereocenters. The van der Waals surface area contributed by atoms with E-state index in [2.05, 4.69) is 20.1 Å². The maximum absolute atomic E-state index is 13.4. The van der Waals surface area contributed by atoms with Gasteiger partial charge < -0.3 is 4.57 Å². The van der Waals surface area contributed by atoms with Gasteiger partial charge in [-0.2, -0.15) is 9.50 Å². The van der Waals surface area contributed by atoms with Crippen molar-refractivity contribution in [2.45, 2.75) is 13.5 Å². The molecule has 5 rings (SSSR count). The van der Waals surface area contributed by atoms with Crippen molar-refractivity contribution in [3.05, 3.63) is 88.9 Å². The van der Waals surface area contributed by atoms with Crippen LogP contribution in [-0.2, 0) is 6.54 Å². The lowest BCUT2D eigenvalue weighted by Crippen LogP contribution is -2.22.